The number of carbonyl (C=O) groups is 1. The second kappa shape index (κ2) is 9.26. The Morgan fingerprint density at radius 3 is 2.63 bits per heavy atom. The van der Waals surface area contributed by atoms with E-state index in [-0.39, 0.29) is 5.91 Å². The second-order valence-corrected chi connectivity index (χ2v) is 10.4. The average molecular weight is 478 g/mol. The Kier molecular flexibility index (Phi) is 5.96. The van der Waals surface area contributed by atoms with Crippen LogP contribution in [0.1, 0.15) is 50.5 Å². The minimum absolute atomic E-state index is 0.221. The number of pyridine rings is 1. The van der Waals surface area contributed by atoms with Gasteiger partial charge < -0.3 is 19.9 Å². The lowest BCUT2D eigenvalue weighted by molar-refractivity contribution is -0.131. The number of hydrogen-bond acceptors (Lipinski definition) is 8. The smallest absolute Gasteiger partial charge is 0.248 e. The standard InChI is InChI=1S/C26H35N7O2/c1-31-13-10-26(24(31)34)16-19-17-28-25(30-23(19)33(26)20-6-2-3-7-20)29-22-9-8-21(18-27-22)35-15-14-32-11-4-5-12-32/h8-9,17-18,20H,2-7,10-16H2,1H3,(H,27,28,29,30). The van der Waals surface area contributed by atoms with Crippen molar-refractivity contribution >= 4 is 23.5 Å². The highest BCUT2D eigenvalue weighted by molar-refractivity contribution is 5.94. The lowest BCUT2D eigenvalue weighted by Gasteiger charge is -2.39. The topological polar surface area (TPSA) is 86.7 Å². The van der Waals surface area contributed by atoms with Gasteiger partial charge in [-0.15, -0.1) is 0 Å². The van der Waals surface area contributed by atoms with Gasteiger partial charge in [-0.05, 0) is 57.3 Å². The van der Waals surface area contributed by atoms with E-state index >= 15 is 0 Å². The van der Waals surface area contributed by atoms with Gasteiger partial charge in [-0.1, -0.05) is 12.8 Å². The van der Waals surface area contributed by atoms with Crippen molar-refractivity contribution in [3.8, 4) is 5.75 Å². The number of rotatable bonds is 7. The highest BCUT2D eigenvalue weighted by atomic mass is 16.5. The van der Waals surface area contributed by atoms with Crippen LogP contribution in [0.15, 0.2) is 24.5 Å². The summed E-state index contributed by atoms with van der Waals surface area (Å²) in [5, 5.41) is 3.25. The number of aromatic nitrogens is 3. The van der Waals surface area contributed by atoms with Crippen LogP contribution >= 0.6 is 0 Å². The van der Waals surface area contributed by atoms with E-state index in [2.05, 4.69) is 25.1 Å². The number of ether oxygens (including phenoxy) is 1. The largest absolute Gasteiger partial charge is 0.491 e. The first kappa shape index (κ1) is 22.5. The molecule has 9 nitrogen and oxygen atoms in total. The number of hydrogen-bond donors (Lipinski definition) is 1. The van der Waals surface area contributed by atoms with Gasteiger partial charge in [0.1, 0.15) is 29.5 Å². The minimum atomic E-state index is -0.494. The molecule has 1 saturated carbocycles. The molecule has 6 rings (SSSR count). The van der Waals surface area contributed by atoms with E-state index in [0.29, 0.717) is 30.8 Å². The van der Waals surface area contributed by atoms with E-state index in [1.165, 1.54) is 38.8 Å². The zero-order chi connectivity index (χ0) is 23.8. The summed E-state index contributed by atoms with van der Waals surface area (Å²) in [6, 6.07) is 4.19. The quantitative estimate of drug-likeness (QED) is 0.651. The van der Waals surface area contributed by atoms with Crippen molar-refractivity contribution in [2.24, 2.45) is 0 Å². The second-order valence-electron chi connectivity index (χ2n) is 10.4. The van der Waals surface area contributed by atoms with Gasteiger partial charge in [-0.2, -0.15) is 4.98 Å². The van der Waals surface area contributed by atoms with Crippen molar-refractivity contribution < 1.29 is 9.53 Å². The fraction of sp³-hybridized carbons (Fsp3) is 0.615. The van der Waals surface area contributed by atoms with E-state index < -0.39 is 5.54 Å². The van der Waals surface area contributed by atoms with Gasteiger partial charge in [0.25, 0.3) is 0 Å². The molecule has 1 spiro atoms. The van der Waals surface area contributed by atoms with Crippen LogP contribution in [0.25, 0.3) is 0 Å². The lowest BCUT2D eigenvalue weighted by atomic mass is 9.91. The fourth-order valence-electron chi connectivity index (χ4n) is 6.34. The van der Waals surface area contributed by atoms with Gasteiger partial charge in [-0.3, -0.25) is 9.69 Å². The predicted molar refractivity (Wildman–Crippen MR) is 134 cm³/mol. The monoisotopic (exact) mass is 477 g/mol. The van der Waals surface area contributed by atoms with Crippen LogP contribution in [0.4, 0.5) is 17.6 Å². The Morgan fingerprint density at radius 2 is 1.91 bits per heavy atom. The Balaban J connectivity index is 1.16. The molecular formula is C26H35N7O2. The van der Waals surface area contributed by atoms with Crippen molar-refractivity contribution in [2.75, 3.05) is 50.1 Å². The Hall–Kier alpha value is -2.94. The number of amides is 1. The van der Waals surface area contributed by atoms with Gasteiger partial charge in [0, 0.05) is 44.4 Å². The first-order chi connectivity index (χ1) is 17.1. The molecule has 1 atom stereocenters. The van der Waals surface area contributed by atoms with Crippen LogP contribution in [0, 0.1) is 0 Å². The molecule has 0 radical (unpaired) electrons. The van der Waals surface area contributed by atoms with Crippen molar-refractivity contribution in [3.63, 3.8) is 0 Å². The van der Waals surface area contributed by atoms with E-state index in [4.69, 9.17) is 9.72 Å². The SMILES string of the molecule is CN1CCC2(Cc3cnc(Nc4ccc(OCCN5CCCC5)cn4)nc3N2C2CCCC2)C1=O. The molecule has 1 unspecified atom stereocenters. The molecule has 5 heterocycles. The summed E-state index contributed by atoms with van der Waals surface area (Å²) in [5.41, 5.74) is 0.576. The predicted octanol–water partition coefficient (Wildman–Crippen LogP) is 3.00. The third-order valence-electron chi connectivity index (χ3n) is 8.16. The van der Waals surface area contributed by atoms with Crippen LogP contribution in [0.5, 0.6) is 5.75 Å². The van der Waals surface area contributed by atoms with Crippen molar-refractivity contribution in [1.29, 1.82) is 0 Å². The maximum Gasteiger partial charge on any atom is 0.248 e. The maximum atomic E-state index is 13.3. The van der Waals surface area contributed by atoms with Gasteiger partial charge in [-0.25, -0.2) is 9.97 Å². The highest BCUT2D eigenvalue weighted by Gasteiger charge is 2.57. The third kappa shape index (κ3) is 4.20. The first-order valence-corrected chi connectivity index (χ1v) is 13.1. The molecule has 4 aliphatic rings. The maximum absolute atomic E-state index is 13.3. The average Bonchev–Trinajstić information content (AvgIpc) is 3.66. The molecule has 186 valence electrons. The normalized spacial score (nSPS) is 24.7. The third-order valence-corrected chi connectivity index (χ3v) is 8.16. The Bertz CT molecular complexity index is 1070. The Labute approximate surface area is 206 Å². The van der Waals surface area contributed by atoms with Crippen molar-refractivity contribution in [2.45, 2.75) is 62.9 Å². The summed E-state index contributed by atoms with van der Waals surface area (Å²) in [5.74, 6) is 3.09. The highest BCUT2D eigenvalue weighted by Crippen LogP contribution is 2.47. The molecule has 3 fully saturated rings. The summed E-state index contributed by atoms with van der Waals surface area (Å²) in [6.07, 6.45) is 12.4. The number of fused-ring (bicyclic) bond motifs is 1. The van der Waals surface area contributed by atoms with Crippen molar-refractivity contribution in [1.82, 2.24) is 24.8 Å². The van der Waals surface area contributed by atoms with Gasteiger partial charge >= 0.3 is 0 Å². The molecule has 1 N–H and O–H groups in total. The minimum Gasteiger partial charge on any atom is -0.491 e. The van der Waals surface area contributed by atoms with E-state index in [0.717, 1.165) is 49.5 Å². The number of likely N-dealkylation sites (N-methyl/N-ethyl adjacent to an activating group) is 1. The molecule has 1 amide bonds. The van der Waals surface area contributed by atoms with Crippen LogP contribution in [-0.2, 0) is 11.2 Å². The molecular weight excluding hydrogens is 442 g/mol. The number of anilines is 3. The summed E-state index contributed by atoms with van der Waals surface area (Å²) in [6.45, 7) is 4.78. The number of nitrogens with zero attached hydrogens (tertiary/aromatic N) is 6. The van der Waals surface area contributed by atoms with E-state index in [9.17, 15) is 4.79 Å². The van der Waals surface area contributed by atoms with Gasteiger partial charge in [0.2, 0.25) is 11.9 Å². The molecule has 1 aliphatic carbocycles. The Morgan fingerprint density at radius 1 is 1.09 bits per heavy atom. The fourth-order valence-corrected chi connectivity index (χ4v) is 6.34. The first-order valence-electron chi connectivity index (χ1n) is 13.1. The zero-order valence-corrected chi connectivity index (χ0v) is 20.6. The van der Waals surface area contributed by atoms with Crippen LogP contribution < -0.4 is 15.0 Å². The lowest BCUT2D eigenvalue weighted by Crippen LogP contribution is -2.56. The molecule has 0 bridgehead atoms. The summed E-state index contributed by atoms with van der Waals surface area (Å²) in [4.78, 5) is 34.0. The number of carbonyl (C=O) groups excluding carboxylic acids is 1. The zero-order valence-electron chi connectivity index (χ0n) is 20.6. The molecule has 0 aromatic carbocycles. The molecule has 35 heavy (non-hydrogen) atoms. The molecule has 2 saturated heterocycles. The molecule has 2 aromatic rings. The van der Waals surface area contributed by atoms with Crippen molar-refractivity contribution in [3.05, 3.63) is 30.1 Å². The summed E-state index contributed by atoms with van der Waals surface area (Å²) in [7, 11) is 1.91. The molecule has 9 heteroatoms. The van der Waals surface area contributed by atoms with E-state index in [1.807, 2.05) is 30.3 Å². The van der Waals surface area contributed by atoms with Gasteiger partial charge in [0.05, 0.1) is 6.20 Å². The molecule has 3 aliphatic heterocycles. The van der Waals surface area contributed by atoms with Crippen LogP contribution in [0.2, 0.25) is 0 Å². The summed E-state index contributed by atoms with van der Waals surface area (Å²) < 4.78 is 5.87. The number of likely N-dealkylation sites (tertiary alicyclic amines) is 2. The van der Waals surface area contributed by atoms with Gasteiger partial charge in [0.15, 0.2) is 0 Å². The van der Waals surface area contributed by atoms with Crippen LogP contribution in [0.3, 0.4) is 0 Å². The number of nitrogens with one attached hydrogen (secondary N) is 1. The van der Waals surface area contributed by atoms with E-state index in [1.54, 1.807) is 6.20 Å². The van der Waals surface area contributed by atoms with Crippen LogP contribution in [-0.4, -0.2) is 82.1 Å². The molecule has 2 aromatic heterocycles. The summed E-state index contributed by atoms with van der Waals surface area (Å²) >= 11 is 0.